The number of amides is 1. The SMILES string of the molecule is CO/C(N)=C1/C(=O)Oc2c(OC)cccc2C1C(C#N)C(=O)N1CCN(CCO)CC1. The van der Waals surface area contributed by atoms with Crippen molar-refractivity contribution in [3.8, 4) is 17.6 Å². The van der Waals surface area contributed by atoms with Gasteiger partial charge in [0, 0.05) is 38.3 Å². The Bertz CT molecular complexity index is 917. The third-order valence-corrected chi connectivity index (χ3v) is 5.61. The summed E-state index contributed by atoms with van der Waals surface area (Å²) in [4.78, 5) is 29.8. The van der Waals surface area contributed by atoms with E-state index in [1.165, 1.54) is 14.2 Å². The average Bonchev–Trinajstić information content (AvgIpc) is 2.79. The first-order chi connectivity index (χ1) is 15.0. The number of methoxy groups -OCH3 is 2. The fourth-order valence-electron chi connectivity index (χ4n) is 3.99. The number of nitrogens with two attached hydrogens (primary N) is 1. The first kappa shape index (κ1) is 22.4. The van der Waals surface area contributed by atoms with Gasteiger partial charge >= 0.3 is 5.97 Å². The Morgan fingerprint density at radius 1 is 1.35 bits per heavy atom. The van der Waals surface area contributed by atoms with Gasteiger partial charge < -0.3 is 30.0 Å². The molecule has 0 saturated carbocycles. The van der Waals surface area contributed by atoms with Crippen LogP contribution in [0.15, 0.2) is 29.7 Å². The van der Waals surface area contributed by atoms with Crippen molar-refractivity contribution in [3.05, 3.63) is 35.2 Å². The van der Waals surface area contributed by atoms with E-state index in [4.69, 9.17) is 25.1 Å². The van der Waals surface area contributed by atoms with Crippen molar-refractivity contribution in [2.75, 3.05) is 53.6 Å². The van der Waals surface area contributed by atoms with E-state index in [-0.39, 0.29) is 23.8 Å². The topological polar surface area (TPSA) is 138 Å². The molecule has 0 bridgehead atoms. The maximum absolute atomic E-state index is 13.4. The van der Waals surface area contributed by atoms with Crippen molar-refractivity contribution in [2.45, 2.75) is 5.92 Å². The van der Waals surface area contributed by atoms with Gasteiger partial charge in [-0.25, -0.2) is 4.79 Å². The van der Waals surface area contributed by atoms with Crippen LogP contribution < -0.4 is 15.2 Å². The van der Waals surface area contributed by atoms with Crippen molar-refractivity contribution in [1.29, 1.82) is 5.26 Å². The zero-order chi connectivity index (χ0) is 22.5. The van der Waals surface area contributed by atoms with E-state index >= 15 is 0 Å². The van der Waals surface area contributed by atoms with Gasteiger partial charge in [-0.2, -0.15) is 5.26 Å². The summed E-state index contributed by atoms with van der Waals surface area (Å²) in [6.45, 7) is 2.58. The lowest BCUT2D eigenvalue weighted by Gasteiger charge is -2.37. The number of fused-ring (bicyclic) bond motifs is 1. The molecule has 2 heterocycles. The van der Waals surface area contributed by atoms with Gasteiger partial charge in [0.1, 0.15) is 11.5 Å². The van der Waals surface area contributed by atoms with Gasteiger partial charge in [-0.05, 0) is 6.07 Å². The summed E-state index contributed by atoms with van der Waals surface area (Å²) >= 11 is 0. The quantitative estimate of drug-likeness (QED) is 0.272. The zero-order valence-electron chi connectivity index (χ0n) is 17.5. The lowest BCUT2D eigenvalue weighted by molar-refractivity contribution is -0.136. The van der Waals surface area contributed by atoms with Crippen molar-refractivity contribution in [3.63, 3.8) is 0 Å². The van der Waals surface area contributed by atoms with Crippen LogP contribution in [0.4, 0.5) is 0 Å². The largest absolute Gasteiger partial charge is 0.493 e. The van der Waals surface area contributed by atoms with Crippen LogP contribution in [0.1, 0.15) is 11.5 Å². The van der Waals surface area contributed by atoms with E-state index in [0.717, 1.165) is 0 Å². The van der Waals surface area contributed by atoms with Crippen LogP contribution in [0.3, 0.4) is 0 Å². The maximum Gasteiger partial charge on any atom is 0.345 e. The van der Waals surface area contributed by atoms with E-state index in [2.05, 4.69) is 6.07 Å². The molecule has 31 heavy (non-hydrogen) atoms. The first-order valence-corrected chi connectivity index (χ1v) is 9.91. The molecule has 1 amide bonds. The third kappa shape index (κ3) is 4.28. The minimum atomic E-state index is -1.22. The number of hydrogen-bond acceptors (Lipinski definition) is 9. The van der Waals surface area contributed by atoms with Gasteiger partial charge in [0.05, 0.1) is 32.8 Å². The molecule has 1 fully saturated rings. The summed E-state index contributed by atoms with van der Waals surface area (Å²) in [5, 5.41) is 19.1. The number of nitriles is 1. The van der Waals surface area contributed by atoms with Gasteiger partial charge in [0.2, 0.25) is 5.91 Å². The summed E-state index contributed by atoms with van der Waals surface area (Å²) in [5.74, 6) is -3.11. The fourth-order valence-corrected chi connectivity index (χ4v) is 3.99. The Kier molecular flexibility index (Phi) is 6.99. The molecule has 1 aromatic rings. The summed E-state index contributed by atoms with van der Waals surface area (Å²) in [6.07, 6.45) is 0. The predicted molar refractivity (Wildman–Crippen MR) is 109 cm³/mol. The summed E-state index contributed by atoms with van der Waals surface area (Å²) in [5.41, 5.74) is 6.32. The smallest absolute Gasteiger partial charge is 0.345 e. The molecule has 1 aromatic carbocycles. The molecule has 0 aromatic heterocycles. The van der Waals surface area contributed by atoms with E-state index in [9.17, 15) is 14.9 Å². The van der Waals surface area contributed by atoms with Gasteiger partial charge in [-0.1, -0.05) is 12.1 Å². The lowest BCUT2D eigenvalue weighted by atomic mass is 9.78. The Morgan fingerprint density at radius 2 is 2.06 bits per heavy atom. The average molecular weight is 430 g/mol. The van der Waals surface area contributed by atoms with Gasteiger partial charge in [-0.3, -0.25) is 9.69 Å². The number of aliphatic hydroxyl groups excluding tert-OH is 1. The number of piperazine rings is 1. The van der Waals surface area contributed by atoms with Crippen LogP contribution in [0.25, 0.3) is 0 Å². The second-order valence-corrected chi connectivity index (χ2v) is 7.23. The van der Waals surface area contributed by atoms with E-state index in [1.807, 2.05) is 4.90 Å². The molecule has 0 spiro atoms. The number of ether oxygens (including phenoxy) is 3. The highest BCUT2D eigenvalue weighted by Gasteiger charge is 2.45. The summed E-state index contributed by atoms with van der Waals surface area (Å²) in [7, 11) is 2.74. The highest BCUT2D eigenvalue weighted by Crippen LogP contribution is 2.47. The summed E-state index contributed by atoms with van der Waals surface area (Å²) < 4.78 is 15.8. The van der Waals surface area contributed by atoms with Crippen LogP contribution in [-0.2, 0) is 14.3 Å². The highest BCUT2D eigenvalue weighted by atomic mass is 16.6. The normalized spacial score (nSPS) is 21.4. The minimum Gasteiger partial charge on any atom is -0.493 e. The first-order valence-electron chi connectivity index (χ1n) is 9.91. The number of β-amino-alcohol motifs (C(OH)–C–C–N with tert-alkyl or cyclic N) is 1. The maximum atomic E-state index is 13.4. The summed E-state index contributed by atoms with van der Waals surface area (Å²) in [6, 6.07) is 7.07. The Morgan fingerprint density at radius 3 is 2.65 bits per heavy atom. The number of nitrogens with zero attached hydrogens (tertiary/aromatic N) is 3. The Labute approximate surface area is 180 Å². The molecular formula is C21H26N4O6. The zero-order valence-corrected chi connectivity index (χ0v) is 17.5. The van der Waals surface area contributed by atoms with Gasteiger partial charge in [-0.15, -0.1) is 0 Å². The van der Waals surface area contributed by atoms with Crippen LogP contribution in [0.2, 0.25) is 0 Å². The molecule has 3 rings (SSSR count). The van der Waals surface area contributed by atoms with E-state index in [1.54, 1.807) is 23.1 Å². The van der Waals surface area contributed by atoms with Crippen molar-refractivity contribution < 1.29 is 28.9 Å². The number of para-hydroxylation sites is 1. The predicted octanol–water partition coefficient (Wildman–Crippen LogP) is -0.209. The number of hydrogen-bond donors (Lipinski definition) is 2. The van der Waals surface area contributed by atoms with Gasteiger partial charge in [0.25, 0.3) is 0 Å². The Balaban J connectivity index is 2.01. The molecule has 2 unspecified atom stereocenters. The molecule has 2 aliphatic rings. The molecule has 10 heteroatoms. The molecule has 3 N–H and O–H groups in total. The molecule has 1 saturated heterocycles. The van der Waals surface area contributed by atoms with Crippen molar-refractivity contribution >= 4 is 11.9 Å². The number of aliphatic hydroxyl groups is 1. The lowest BCUT2D eigenvalue weighted by Crippen LogP contribution is -2.51. The second kappa shape index (κ2) is 9.68. The molecular weight excluding hydrogens is 404 g/mol. The minimum absolute atomic E-state index is 0.0437. The molecule has 166 valence electrons. The number of benzene rings is 1. The van der Waals surface area contributed by atoms with Crippen LogP contribution >= 0.6 is 0 Å². The van der Waals surface area contributed by atoms with Crippen molar-refractivity contribution in [2.24, 2.45) is 11.7 Å². The van der Waals surface area contributed by atoms with E-state index in [0.29, 0.717) is 44.0 Å². The van der Waals surface area contributed by atoms with E-state index < -0.39 is 23.7 Å². The number of carbonyl (C=O) groups is 2. The molecule has 0 radical (unpaired) electrons. The van der Waals surface area contributed by atoms with Crippen molar-refractivity contribution in [1.82, 2.24) is 9.80 Å². The number of esters is 1. The fraction of sp³-hybridized carbons (Fsp3) is 0.476. The monoisotopic (exact) mass is 430 g/mol. The molecule has 0 aliphatic carbocycles. The third-order valence-electron chi connectivity index (χ3n) is 5.61. The number of carbonyl (C=O) groups excluding carboxylic acids is 2. The second-order valence-electron chi connectivity index (χ2n) is 7.23. The standard InChI is InChI=1S/C21H26N4O6/c1-29-15-5-3-4-13-16(17(19(23)30-2)21(28)31-18(13)15)14(12-22)20(27)25-8-6-24(7-9-25)10-11-26/h3-5,14,16,26H,6-11,23H2,1-2H3/b19-17+. The molecule has 2 atom stereocenters. The molecule has 2 aliphatic heterocycles. The molecule has 10 nitrogen and oxygen atoms in total. The van der Waals surface area contributed by atoms with Crippen LogP contribution in [-0.4, -0.2) is 80.3 Å². The highest BCUT2D eigenvalue weighted by molar-refractivity contribution is 5.97. The van der Waals surface area contributed by atoms with Crippen LogP contribution in [0.5, 0.6) is 11.5 Å². The van der Waals surface area contributed by atoms with Crippen LogP contribution in [0, 0.1) is 17.2 Å². The van der Waals surface area contributed by atoms with Gasteiger partial charge in [0.15, 0.2) is 17.4 Å². The Hall–Kier alpha value is -3.29. The number of rotatable bonds is 6.